The quantitative estimate of drug-likeness (QED) is 0.173. The van der Waals surface area contributed by atoms with Gasteiger partial charge in [-0.15, -0.1) is 0 Å². The highest BCUT2D eigenvalue weighted by Gasteiger charge is 2.21. The van der Waals surface area contributed by atoms with Crippen molar-refractivity contribution in [1.29, 1.82) is 0 Å². The summed E-state index contributed by atoms with van der Waals surface area (Å²) in [5.74, 6) is -1.27. The zero-order chi connectivity index (χ0) is 29.3. The van der Waals surface area contributed by atoms with Gasteiger partial charge in [-0.05, 0) is 70.8 Å². The molecule has 1 heterocycles. The fraction of sp³-hybridized carbons (Fsp3) is 0.294. The van der Waals surface area contributed by atoms with Crippen molar-refractivity contribution in [2.24, 2.45) is 0 Å². The molecule has 0 unspecified atom stereocenters. The van der Waals surface area contributed by atoms with E-state index in [0.717, 1.165) is 61.5 Å². The summed E-state index contributed by atoms with van der Waals surface area (Å²) in [7, 11) is 0. The number of halogens is 4. The molecule has 0 aromatic heterocycles. The molecule has 1 fully saturated rings. The van der Waals surface area contributed by atoms with E-state index in [2.05, 4.69) is 9.80 Å². The van der Waals surface area contributed by atoms with Crippen molar-refractivity contribution >= 4 is 0 Å². The second-order valence-corrected chi connectivity index (χ2v) is 10.4. The number of piperazine rings is 1. The summed E-state index contributed by atoms with van der Waals surface area (Å²) in [6, 6.07) is 24.8. The summed E-state index contributed by atoms with van der Waals surface area (Å²) in [5.41, 5.74) is 3.25. The van der Waals surface area contributed by atoms with Gasteiger partial charge in [0.05, 0.1) is 13.2 Å². The van der Waals surface area contributed by atoms with Gasteiger partial charge in [-0.3, -0.25) is 9.80 Å². The minimum atomic E-state index is -0.417. The molecule has 4 nitrogen and oxygen atoms in total. The van der Waals surface area contributed by atoms with Gasteiger partial charge in [0, 0.05) is 39.3 Å². The Balaban J connectivity index is 1.09. The number of nitrogens with zero attached hydrogens (tertiary/aromatic N) is 2. The van der Waals surface area contributed by atoms with Crippen molar-refractivity contribution in [3.8, 4) is 0 Å². The molecule has 0 saturated carbocycles. The normalized spacial score (nSPS) is 14.6. The monoisotopic (exact) mass is 578 g/mol. The average Bonchev–Trinajstić information content (AvgIpc) is 3.01. The summed E-state index contributed by atoms with van der Waals surface area (Å²) in [4.78, 5) is 4.67. The van der Waals surface area contributed by atoms with Crippen LogP contribution in [-0.2, 0) is 9.47 Å². The van der Waals surface area contributed by atoms with Gasteiger partial charge in [0.25, 0.3) is 0 Å². The minimum absolute atomic E-state index is 0.318. The van der Waals surface area contributed by atoms with E-state index in [1.54, 1.807) is 48.5 Å². The zero-order valence-corrected chi connectivity index (χ0v) is 23.3. The molecule has 1 aliphatic rings. The Bertz CT molecular complexity index is 1180. The highest BCUT2D eigenvalue weighted by molar-refractivity contribution is 5.31. The molecule has 0 bridgehead atoms. The lowest BCUT2D eigenvalue weighted by Gasteiger charge is -2.35. The highest BCUT2D eigenvalue weighted by atomic mass is 19.1. The van der Waals surface area contributed by atoms with Crippen LogP contribution in [0.3, 0.4) is 0 Å². The molecule has 4 aromatic rings. The van der Waals surface area contributed by atoms with Gasteiger partial charge < -0.3 is 9.47 Å². The molecule has 0 amide bonds. The van der Waals surface area contributed by atoms with Crippen LogP contribution in [0.15, 0.2) is 97.1 Å². The number of benzene rings is 4. The first-order valence-electron chi connectivity index (χ1n) is 14.1. The van der Waals surface area contributed by atoms with Crippen LogP contribution in [0.4, 0.5) is 17.6 Å². The Morgan fingerprint density at radius 1 is 0.429 bits per heavy atom. The smallest absolute Gasteiger partial charge is 0.123 e. The SMILES string of the molecule is Fc1ccc(C(OCCN2CCN(CCOC(c3ccc(F)cc3)c3ccc(F)cc3)CC2)c2ccc(F)cc2)cc1. The summed E-state index contributed by atoms with van der Waals surface area (Å²) >= 11 is 0. The average molecular weight is 579 g/mol. The molecule has 4 aromatic carbocycles. The van der Waals surface area contributed by atoms with Crippen LogP contribution in [0, 0.1) is 23.3 Å². The molecule has 220 valence electrons. The molecule has 1 saturated heterocycles. The van der Waals surface area contributed by atoms with Crippen molar-refractivity contribution < 1.29 is 27.0 Å². The van der Waals surface area contributed by atoms with Crippen molar-refractivity contribution in [3.63, 3.8) is 0 Å². The van der Waals surface area contributed by atoms with Gasteiger partial charge in [-0.2, -0.15) is 0 Å². The lowest BCUT2D eigenvalue weighted by atomic mass is 10.0. The van der Waals surface area contributed by atoms with Crippen LogP contribution >= 0.6 is 0 Å². The van der Waals surface area contributed by atoms with Crippen LogP contribution in [-0.4, -0.2) is 62.3 Å². The second-order valence-electron chi connectivity index (χ2n) is 10.4. The van der Waals surface area contributed by atoms with Crippen molar-refractivity contribution in [2.45, 2.75) is 12.2 Å². The van der Waals surface area contributed by atoms with Crippen LogP contribution in [0.1, 0.15) is 34.5 Å². The van der Waals surface area contributed by atoms with Crippen molar-refractivity contribution in [2.75, 3.05) is 52.5 Å². The molecule has 8 heteroatoms. The van der Waals surface area contributed by atoms with E-state index < -0.39 is 12.2 Å². The fourth-order valence-electron chi connectivity index (χ4n) is 5.16. The molecule has 1 aliphatic heterocycles. The molecule has 0 N–H and O–H groups in total. The number of hydrogen-bond donors (Lipinski definition) is 0. The van der Waals surface area contributed by atoms with E-state index in [9.17, 15) is 17.6 Å². The molecule has 0 radical (unpaired) electrons. The number of rotatable bonds is 12. The molecule has 0 aliphatic carbocycles. The van der Waals surface area contributed by atoms with Crippen molar-refractivity contribution in [1.82, 2.24) is 9.80 Å². The minimum Gasteiger partial charge on any atom is -0.367 e. The summed E-state index contributed by atoms with van der Waals surface area (Å²) in [6.07, 6.45) is -0.834. The van der Waals surface area contributed by atoms with Gasteiger partial charge in [0.2, 0.25) is 0 Å². The Morgan fingerprint density at radius 3 is 0.905 bits per heavy atom. The lowest BCUT2D eigenvalue weighted by Crippen LogP contribution is -2.48. The maximum atomic E-state index is 13.5. The Kier molecular flexibility index (Phi) is 10.4. The van der Waals surface area contributed by atoms with Crippen LogP contribution < -0.4 is 0 Å². The summed E-state index contributed by atoms with van der Waals surface area (Å²) in [6.45, 7) is 5.92. The third-order valence-corrected chi connectivity index (χ3v) is 7.54. The second kappa shape index (κ2) is 14.6. The van der Waals surface area contributed by atoms with Gasteiger partial charge in [0.1, 0.15) is 35.5 Å². The lowest BCUT2D eigenvalue weighted by molar-refractivity contribution is 0.0287. The standard InChI is InChI=1S/C34H34F4N2O2/c35-29-9-1-25(2-10-29)33(26-3-11-30(36)12-4-26)41-23-21-39-17-19-40(20-18-39)22-24-42-34(27-5-13-31(37)14-6-27)28-7-15-32(38)16-8-28/h1-16,33-34H,17-24H2. The molecule has 5 rings (SSSR count). The first-order chi connectivity index (χ1) is 20.4. The van der Waals surface area contributed by atoms with Gasteiger partial charge in [-0.25, -0.2) is 17.6 Å². The predicted octanol–water partition coefficient (Wildman–Crippen LogP) is 6.77. The molecule has 42 heavy (non-hydrogen) atoms. The molecular formula is C34H34F4N2O2. The largest absolute Gasteiger partial charge is 0.367 e. The Hall–Kier alpha value is -3.56. The fourth-order valence-corrected chi connectivity index (χ4v) is 5.16. The first-order valence-corrected chi connectivity index (χ1v) is 14.1. The van der Waals surface area contributed by atoms with E-state index in [0.29, 0.717) is 13.2 Å². The van der Waals surface area contributed by atoms with E-state index >= 15 is 0 Å². The first kappa shape index (κ1) is 29.9. The third kappa shape index (κ3) is 8.26. The maximum absolute atomic E-state index is 13.5. The summed E-state index contributed by atoms with van der Waals surface area (Å²) < 4.78 is 66.5. The van der Waals surface area contributed by atoms with Crippen LogP contribution in [0.5, 0.6) is 0 Å². The number of ether oxygens (including phenoxy) is 2. The predicted molar refractivity (Wildman–Crippen MR) is 154 cm³/mol. The van der Waals surface area contributed by atoms with Gasteiger partial charge >= 0.3 is 0 Å². The number of hydrogen-bond acceptors (Lipinski definition) is 4. The van der Waals surface area contributed by atoms with Crippen LogP contribution in [0.2, 0.25) is 0 Å². The molecular weight excluding hydrogens is 544 g/mol. The van der Waals surface area contributed by atoms with Gasteiger partial charge in [-0.1, -0.05) is 48.5 Å². The Labute approximate surface area is 244 Å². The molecule has 0 spiro atoms. The summed E-state index contributed by atoms with van der Waals surface area (Å²) in [5, 5.41) is 0. The van der Waals surface area contributed by atoms with Crippen LogP contribution in [0.25, 0.3) is 0 Å². The maximum Gasteiger partial charge on any atom is 0.123 e. The molecule has 0 atom stereocenters. The topological polar surface area (TPSA) is 24.9 Å². The zero-order valence-electron chi connectivity index (χ0n) is 23.3. The van der Waals surface area contributed by atoms with E-state index in [4.69, 9.17) is 9.47 Å². The van der Waals surface area contributed by atoms with Gasteiger partial charge in [0.15, 0.2) is 0 Å². The van der Waals surface area contributed by atoms with E-state index in [-0.39, 0.29) is 23.3 Å². The van der Waals surface area contributed by atoms with E-state index in [1.807, 2.05) is 0 Å². The highest BCUT2D eigenvalue weighted by Crippen LogP contribution is 2.28. The van der Waals surface area contributed by atoms with E-state index in [1.165, 1.54) is 48.5 Å². The van der Waals surface area contributed by atoms with Crippen molar-refractivity contribution in [3.05, 3.63) is 143 Å². The third-order valence-electron chi connectivity index (χ3n) is 7.54. The Morgan fingerprint density at radius 2 is 0.667 bits per heavy atom.